The van der Waals surface area contributed by atoms with Gasteiger partial charge in [-0.3, -0.25) is 4.90 Å². The number of hydrogen-bond donors (Lipinski definition) is 1. The second-order valence-electron chi connectivity index (χ2n) is 8.25. The molecule has 1 saturated heterocycles. The van der Waals surface area contributed by atoms with E-state index in [0.717, 1.165) is 59.7 Å². The predicted molar refractivity (Wildman–Crippen MR) is 122 cm³/mol. The summed E-state index contributed by atoms with van der Waals surface area (Å²) < 4.78 is 5.53. The van der Waals surface area contributed by atoms with Crippen molar-refractivity contribution >= 4 is 17.4 Å². The Balaban J connectivity index is 1.69. The van der Waals surface area contributed by atoms with Crippen molar-refractivity contribution < 1.29 is 9.84 Å². The molecule has 1 aliphatic heterocycles. The van der Waals surface area contributed by atoms with Crippen LogP contribution in [0.3, 0.4) is 0 Å². The summed E-state index contributed by atoms with van der Waals surface area (Å²) in [6.07, 6.45) is 0.391. The lowest BCUT2D eigenvalue weighted by Crippen LogP contribution is -2.49. The molecule has 1 aromatic carbocycles. The summed E-state index contributed by atoms with van der Waals surface area (Å²) in [5.74, 6) is 1.79. The van der Waals surface area contributed by atoms with E-state index in [4.69, 9.17) is 21.3 Å². The summed E-state index contributed by atoms with van der Waals surface area (Å²) in [4.78, 5) is 14.0. The van der Waals surface area contributed by atoms with Crippen molar-refractivity contribution in [2.75, 3.05) is 44.2 Å². The fourth-order valence-corrected chi connectivity index (χ4v) is 4.02. The number of rotatable bonds is 8. The van der Waals surface area contributed by atoms with Crippen molar-refractivity contribution in [3.8, 4) is 0 Å². The van der Waals surface area contributed by atoms with Gasteiger partial charge in [-0.25, -0.2) is 9.97 Å². The lowest BCUT2D eigenvalue weighted by atomic mass is 10.0. The van der Waals surface area contributed by atoms with Crippen LogP contribution in [0.1, 0.15) is 36.5 Å². The normalized spacial score (nSPS) is 16.3. The molecule has 0 saturated carbocycles. The number of aliphatic hydroxyl groups is 1. The molecule has 7 heteroatoms. The number of aromatic nitrogens is 2. The van der Waals surface area contributed by atoms with Crippen molar-refractivity contribution in [3.63, 3.8) is 0 Å². The molecule has 2 heterocycles. The predicted octanol–water partition coefficient (Wildman–Crippen LogP) is 3.25. The lowest BCUT2D eigenvalue weighted by molar-refractivity contribution is -0.00901. The molecule has 2 aromatic rings. The Morgan fingerprint density at radius 1 is 1.10 bits per heavy atom. The summed E-state index contributed by atoms with van der Waals surface area (Å²) in [6.45, 7) is 12.5. The van der Waals surface area contributed by atoms with Crippen LogP contribution in [0.2, 0.25) is 5.02 Å². The minimum atomic E-state index is -0.460. The number of hydrogen-bond acceptors (Lipinski definition) is 6. The standard InChI is InChI=1S/C23H33ClN4O2/c1-16(2)30-15-20(29)14-27-9-11-28(12-10-27)23-21(17(3)25-18(4)26-23)13-19-7-5-6-8-22(19)24/h5-8,16,20,29H,9-15H2,1-4H3/t20-/m1/s1. The molecule has 0 spiro atoms. The van der Waals surface area contributed by atoms with Crippen LogP contribution in [0, 0.1) is 13.8 Å². The number of nitrogens with zero attached hydrogens (tertiary/aromatic N) is 4. The van der Waals surface area contributed by atoms with Gasteiger partial charge >= 0.3 is 0 Å². The minimum Gasteiger partial charge on any atom is -0.389 e. The van der Waals surface area contributed by atoms with Crippen molar-refractivity contribution in [3.05, 3.63) is 51.9 Å². The Hall–Kier alpha value is -1.73. The number of β-amino-alcohol motifs (C(OH)–C–C–N with tert-alkyl or cyclic N) is 1. The molecule has 0 aliphatic carbocycles. The summed E-state index contributed by atoms with van der Waals surface area (Å²) in [5.41, 5.74) is 3.22. The molecule has 0 amide bonds. The fraction of sp³-hybridized carbons (Fsp3) is 0.565. The maximum Gasteiger partial charge on any atom is 0.136 e. The Morgan fingerprint density at radius 3 is 2.47 bits per heavy atom. The van der Waals surface area contributed by atoms with E-state index in [1.807, 2.05) is 45.9 Å². The van der Waals surface area contributed by atoms with Crippen molar-refractivity contribution in [2.45, 2.75) is 46.3 Å². The zero-order chi connectivity index (χ0) is 21.7. The molecule has 0 unspecified atom stereocenters. The summed E-state index contributed by atoms with van der Waals surface area (Å²) in [5, 5.41) is 11.0. The molecule has 30 heavy (non-hydrogen) atoms. The molecular formula is C23H33ClN4O2. The highest BCUT2D eigenvalue weighted by Gasteiger charge is 2.24. The largest absolute Gasteiger partial charge is 0.389 e. The van der Waals surface area contributed by atoms with Gasteiger partial charge in [-0.15, -0.1) is 0 Å². The number of aliphatic hydroxyl groups excluding tert-OH is 1. The van der Waals surface area contributed by atoms with Gasteiger partial charge in [0.15, 0.2) is 0 Å². The average Bonchev–Trinajstić information content (AvgIpc) is 2.70. The maximum absolute atomic E-state index is 10.2. The zero-order valence-electron chi connectivity index (χ0n) is 18.4. The molecule has 1 aromatic heterocycles. The van der Waals surface area contributed by atoms with Crippen LogP contribution in [0.5, 0.6) is 0 Å². The Kier molecular flexibility index (Phi) is 8.06. The summed E-state index contributed by atoms with van der Waals surface area (Å²) >= 11 is 6.41. The molecule has 1 atom stereocenters. The minimum absolute atomic E-state index is 0.136. The third-order valence-corrected chi connectivity index (χ3v) is 5.76. The molecule has 1 fully saturated rings. The molecule has 164 valence electrons. The van der Waals surface area contributed by atoms with E-state index < -0.39 is 6.10 Å². The Morgan fingerprint density at radius 2 is 1.80 bits per heavy atom. The van der Waals surface area contributed by atoms with E-state index in [0.29, 0.717) is 19.6 Å². The van der Waals surface area contributed by atoms with Gasteiger partial charge in [0.25, 0.3) is 0 Å². The monoisotopic (exact) mass is 432 g/mol. The third kappa shape index (κ3) is 6.14. The number of ether oxygens (including phenoxy) is 1. The molecule has 0 radical (unpaired) electrons. The smallest absolute Gasteiger partial charge is 0.136 e. The Bertz CT molecular complexity index is 838. The first-order valence-electron chi connectivity index (χ1n) is 10.7. The number of aryl methyl sites for hydroxylation is 2. The van der Waals surface area contributed by atoms with Gasteiger partial charge in [0.2, 0.25) is 0 Å². The van der Waals surface area contributed by atoms with Crippen LogP contribution in [-0.2, 0) is 11.2 Å². The molecule has 6 nitrogen and oxygen atoms in total. The molecule has 1 N–H and O–H groups in total. The van der Waals surface area contributed by atoms with Gasteiger partial charge in [0.1, 0.15) is 11.6 Å². The number of benzene rings is 1. The Labute approximate surface area is 184 Å². The highest BCUT2D eigenvalue weighted by molar-refractivity contribution is 6.31. The van der Waals surface area contributed by atoms with Crippen LogP contribution in [0.25, 0.3) is 0 Å². The second-order valence-corrected chi connectivity index (χ2v) is 8.66. The maximum atomic E-state index is 10.2. The zero-order valence-corrected chi connectivity index (χ0v) is 19.2. The topological polar surface area (TPSA) is 61.7 Å². The summed E-state index contributed by atoms with van der Waals surface area (Å²) in [7, 11) is 0. The van der Waals surface area contributed by atoms with E-state index in [-0.39, 0.29) is 6.10 Å². The van der Waals surface area contributed by atoms with Gasteiger partial charge in [-0.1, -0.05) is 29.8 Å². The van der Waals surface area contributed by atoms with Crippen LogP contribution >= 0.6 is 11.6 Å². The van der Waals surface area contributed by atoms with Gasteiger partial charge in [0, 0.05) is 55.4 Å². The van der Waals surface area contributed by atoms with Crippen LogP contribution in [-0.4, -0.2) is 71.5 Å². The molecule has 1 aliphatic rings. The fourth-order valence-electron chi connectivity index (χ4n) is 3.82. The third-order valence-electron chi connectivity index (χ3n) is 5.39. The first kappa shape index (κ1) is 22.9. The van der Waals surface area contributed by atoms with Gasteiger partial charge in [-0.2, -0.15) is 0 Å². The van der Waals surface area contributed by atoms with Crippen LogP contribution in [0.15, 0.2) is 24.3 Å². The van der Waals surface area contributed by atoms with Crippen molar-refractivity contribution in [2.24, 2.45) is 0 Å². The van der Waals surface area contributed by atoms with Crippen molar-refractivity contribution in [1.82, 2.24) is 14.9 Å². The van der Waals surface area contributed by atoms with Crippen LogP contribution in [0.4, 0.5) is 5.82 Å². The second kappa shape index (κ2) is 10.5. The van der Waals surface area contributed by atoms with Gasteiger partial charge in [0.05, 0.1) is 18.8 Å². The number of halogens is 1. The van der Waals surface area contributed by atoms with E-state index >= 15 is 0 Å². The van der Waals surface area contributed by atoms with E-state index in [1.165, 1.54) is 0 Å². The van der Waals surface area contributed by atoms with Gasteiger partial charge in [-0.05, 0) is 39.3 Å². The number of piperazine rings is 1. The molecule has 0 bridgehead atoms. The average molecular weight is 433 g/mol. The van der Waals surface area contributed by atoms with Crippen LogP contribution < -0.4 is 4.90 Å². The summed E-state index contributed by atoms with van der Waals surface area (Å²) in [6, 6.07) is 7.95. The molecular weight excluding hydrogens is 400 g/mol. The van der Waals surface area contributed by atoms with E-state index in [2.05, 4.69) is 20.9 Å². The van der Waals surface area contributed by atoms with E-state index in [9.17, 15) is 5.11 Å². The molecule has 3 rings (SSSR count). The first-order valence-corrected chi connectivity index (χ1v) is 11.1. The lowest BCUT2D eigenvalue weighted by Gasteiger charge is -2.37. The highest BCUT2D eigenvalue weighted by Crippen LogP contribution is 2.27. The first-order chi connectivity index (χ1) is 14.3. The highest BCUT2D eigenvalue weighted by atomic mass is 35.5. The number of anilines is 1. The quantitative estimate of drug-likeness (QED) is 0.690. The van der Waals surface area contributed by atoms with E-state index in [1.54, 1.807) is 0 Å². The SMILES string of the molecule is Cc1nc(C)c(Cc2ccccc2Cl)c(N2CCN(C[C@@H](O)COC(C)C)CC2)n1. The van der Waals surface area contributed by atoms with Gasteiger partial charge < -0.3 is 14.7 Å². The van der Waals surface area contributed by atoms with Crippen molar-refractivity contribution in [1.29, 1.82) is 0 Å².